The fourth-order valence-electron chi connectivity index (χ4n) is 2.05. The fraction of sp³-hybridized carbons (Fsp3) is 0.222. The molecule has 6 heteroatoms. The molecule has 0 aromatic heterocycles. The standard InChI is InChI=1S/C18H20N2O4/c1-12(24-16-7-5-4-6-15(16)23-3)17(21)20-14-10-8-13(9-11-14)18(22)19-2/h4-12H,1-3H3,(H,19,22)(H,20,21). The summed E-state index contributed by atoms with van der Waals surface area (Å²) in [6.07, 6.45) is -0.708. The van der Waals surface area contributed by atoms with Gasteiger partial charge >= 0.3 is 0 Å². The summed E-state index contributed by atoms with van der Waals surface area (Å²) in [5, 5.41) is 5.29. The molecule has 6 nitrogen and oxygen atoms in total. The molecule has 0 aliphatic heterocycles. The molecule has 2 N–H and O–H groups in total. The van der Waals surface area contributed by atoms with Gasteiger partial charge in [-0.05, 0) is 43.3 Å². The Hall–Kier alpha value is -3.02. The van der Waals surface area contributed by atoms with Gasteiger partial charge in [-0.15, -0.1) is 0 Å². The minimum atomic E-state index is -0.708. The molecule has 0 aliphatic rings. The number of para-hydroxylation sites is 2. The Morgan fingerprint density at radius 3 is 2.21 bits per heavy atom. The predicted molar refractivity (Wildman–Crippen MR) is 91.5 cm³/mol. The van der Waals surface area contributed by atoms with Crippen molar-refractivity contribution in [1.29, 1.82) is 0 Å². The van der Waals surface area contributed by atoms with E-state index < -0.39 is 6.10 Å². The van der Waals surface area contributed by atoms with Crippen LogP contribution in [0, 0.1) is 0 Å². The van der Waals surface area contributed by atoms with Crippen molar-refractivity contribution in [3.05, 3.63) is 54.1 Å². The first kappa shape index (κ1) is 17.3. The van der Waals surface area contributed by atoms with Crippen molar-refractivity contribution in [3.8, 4) is 11.5 Å². The van der Waals surface area contributed by atoms with Crippen molar-refractivity contribution in [1.82, 2.24) is 5.32 Å². The van der Waals surface area contributed by atoms with E-state index >= 15 is 0 Å². The minimum Gasteiger partial charge on any atom is -0.493 e. The van der Waals surface area contributed by atoms with E-state index in [-0.39, 0.29) is 11.8 Å². The Kier molecular flexibility index (Phi) is 5.78. The maximum atomic E-state index is 12.2. The third kappa shape index (κ3) is 4.25. The smallest absolute Gasteiger partial charge is 0.265 e. The number of anilines is 1. The normalized spacial score (nSPS) is 11.3. The molecule has 2 amide bonds. The van der Waals surface area contributed by atoms with Gasteiger partial charge in [0.05, 0.1) is 7.11 Å². The number of carbonyl (C=O) groups is 2. The van der Waals surface area contributed by atoms with E-state index in [9.17, 15) is 9.59 Å². The summed E-state index contributed by atoms with van der Waals surface area (Å²) >= 11 is 0. The molecule has 0 bridgehead atoms. The third-order valence-corrected chi connectivity index (χ3v) is 3.38. The molecule has 2 rings (SSSR count). The Labute approximate surface area is 140 Å². The van der Waals surface area contributed by atoms with Crippen LogP contribution in [0.25, 0.3) is 0 Å². The average Bonchev–Trinajstić information content (AvgIpc) is 2.62. The second-order valence-corrected chi connectivity index (χ2v) is 5.06. The quantitative estimate of drug-likeness (QED) is 0.854. The Bertz CT molecular complexity index is 713. The van der Waals surface area contributed by atoms with Crippen LogP contribution >= 0.6 is 0 Å². The SMILES string of the molecule is CNC(=O)c1ccc(NC(=O)C(C)Oc2ccccc2OC)cc1. The zero-order valence-electron chi connectivity index (χ0n) is 13.8. The molecular weight excluding hydrogens is 308 g/mol. The molecule has 0 heterocycles. The second-order valence-electron chi connectivity index (χ2n) is 5.06. The number of rotatable bonds is 6. The highest BCUT2D eigenvalue weighted by molar-refractivity contribution is 5.96. The van der Waals surface area contributed by atoms with Gasteiger partial charge in [-0.3, -0.25) is 9.59 Å². The van der Waals surface area contributed by atoms with E-state index in [0.717, 1.165) is 0 Å². The van der Waals surface area contributed by atoms with Crippen molar-refractivity contribution in [2.24, 2.45) is 0 Å². The molecule has 126 valence electrons. The number of hydrogen-bond acceptors (Lipinski definition) is 4. The number of amides is 2. The summed E-state index contributed by atoms with van der Waals surface area (Å²) in [6.45, 7) is 1.65. The lowest BCUT2D eigenvalue weighted by molar-refractivity contribution is -0.122. The van der Waals surface area contributed by atoms with Crippen molar-refractivity contribution in [3.63, 3.8) is 0 Å². The Morgan fingerprint density at radius 1 is 1.00 bits per heavy atom. The highest BCUT2D eigenvalue weighted by Gasteiger charge is 2.17. The molecule has 2 aromatic rings. The predicted octanol–water partition coefficient (Wildman–Crippen LogP) is 2.46. The van der Waals surface area contributed by atoms with Crippen molar-refractivity contribution >= 4 is 17.5 Å². The van der Waals surface area contributed by atoms with E-state index in [0.29, 0.717) is 22.7 Å². The average molecular weight is 328 g/mol. The van der Waals surface area contributed by atoms with Gasteiger partial charge in [-0.1, -0.05) is 12.1 Å². The monoisotopic (exact) mass is 328 g/mol. The van der Waals surface area contributed by atoms with Gasteiger partial charge in [0.15, 0.2) is 17.6 Å². The molecule has 1 unspecified atom stereocenters. The molecule has 0 aliphatic carbocycles. The minimum absolute atomic E-state index is 0.180. The van der Waals surface area contributed by atoms with Crippen LogP contribution in [-0.2, 0) is 4.79 Å². The van der Waals surface area contributed by atoms with Crippen LogP contribution in [0.15, 0.2) is 48.5 Å². The number of carbonyl (C=O) groups excluding carboxylic acids is 2. The van der Waals surface area contributed by atoms with Gasteiger partial charge in [-0.25, -0.2) is 0 Å². The number of benzene rings is 2. The molecule has 0 saturated heterocycles. The third-order valence-electron chi connectivity index (χ3n) is 3.38. The summed E-state index contributed by atoms with van der Waals surface area (Å²) < 4.78 is 10.8. The molecule has 0 fully saturated rings. The maximum Gasteiger partial charge on any atom is 0.265 e. The van der Waals surface area contributed by atoms with Crippen LogP contribution in [0.5, 0.6) is 11.5 Å². The number of nitrogens with one attached hydrogen (secondary N) is 2. The fourth-order valence-corrected chi connectivity index (χ4v) is 2.05. The highest BCUT2D eigenvalue weighted by atomic mass is 16.5. The first-order valence-electron chi connectivity index (χ1n) is 7.48. The zero-order valence-corrected chi connectivity index (χ0v) is 13.8. The van der Waals surface area contributed by atoms with Crippen molar-refractivity contribution in [2.75, 3.05) is 19.5 Å². The summed E-state index contributed by atoms with van der Waals surface area (Å²) in [6, 6.07) is 13.7. The molecule has 0 spiro atoms. The van der Waals surface area contributed by atoms with Crippen molar-refractivity contribution < 1.29 is 19.1 Å². The lowest BCUT2D eigenvalue weighted by Crippen LogP contribution is -2.30. The van der Waals surface area contributed by atoms with Crippen LogP contribution in [0.1, 0.15) is 17.3 Å². The van der Waals surface area contributed by atoms with Gasteiger partial charge in [0.25, 0.3) is 11.8 Å². The first-order valence-corrected chi connectivity index (χ1v) is 7.48. The van der Waals surface area contributed by atoms with E-state index in [1.54, 1.807) is 63.5 Å². The number of methoxy groups -OCH3 is 1. The second kappa shape index (κ2) is 8.01. The highest BCUT2D eigenvalue weighted by Crippen LogP contribution is 2.27. The van der Waals surface area contributed by atoms with Gasteiger partial charge in [-0.2, -0.15) is 0 Å². The zero-order chi connectivity index (χ0) is 17.5. The molecule has 0 radical (unpaired) electrons. The Morgan fingerprint density at radius 2 is 1.62 bits per heavy atom. The molecule has 24 heavy (non-hydrogen) atoms. The van der Waals surface area contributed by atoms with E-state index in [1.807, 2.05) is 6.07 Å². The van der Waals surface area contributed by atoms with Crippen molar-refractivity contribution in [2.45, 2.75) is 13.0 Å². The van der Waals surface area contributed by atoms with Crippen LogP contribution in [0.2, 0.25) is 0 Å². The van der Waals surface area contributed by atoms with E-state index in [4.69, 9.17) is 9.47 Å². The summed E-state index contributed by atoms with van der Waals surface area (Å²) in [4.78, 5) is 23.7. The summed E-state index contributed by atoms with van der Waals surface area (Å²) in [7, 11) is 3.11. The number of hydrogen-bond donors (Lipinski definition) is 2. The Balaban J connectivity index is 2.00. The van der Waals surface area contributed by atoms with Gasteiger partial charge in [0.2, 0.25) is 0 Å². The lowest BCUT2D eigenvalue weighted by atomic mass is 10.2. The van der Waals surface area contributed by atoms with Crippen LogP contribution in [0.3, 0.4) is 0 Å². The topological polar surface area (TPSA) is 76.7 Å². The van der Waals surface area contributed by atoms with E-state index in [1.165, 1.54) is 0 Å². The molecule has 2 aromatic carbocycles. The number of ether oxygens (including phenoxy) is 2. The first-order chi connectivity index (χ1) is 11.5. The molecule has 1 atom stereocenters. The molecular formula is C18H20N2O4. The van der Waals surface area contributed by atoms with Gasteiger partial charge in [0.1, 0.15) is 0 Å². The van der Waals surface area contributed by atoms with Crippen LogP contribution in [-0.4, -0.2) is 32.1 Å². The van der Waals surface area contributed by atoms with Gasteiger partial charge < -0.3 is 20.1 Å². The maximum absolute atomic E-state index is 12.2. The largest absolute Gasteiger partial charge is 0.493 e. The van der Waals surface area contributed by atoms with Crippen LogP contribution in [0.4, 0.5) is 5.69 Å². The summed E-state index contributed by atoms with van der Waals surface area (Å²) in [5.41, 5.74) is 1.11. The summed E-state index contributed by atoms with van der Waals surface area (Å²) in [5.74, 6) is 0.582. The van der Waals surface area contributed by atoms with Crippen LogP contribution < -0.4 is 20.1 Å². The molecule has 0 saturated carbocycles. The van der Waals surface area contributed by atoms with Gasteiger partial charge in [0, 0.05) is 18.3 Å². The lowest BCUT2D eigenvalue weighted by Gasteiger charge is -2.16. The van der Waals surface area contributed by atoms with E-state index in [2.05, 4.69) is 10.6 Å².